The maximum atomic E-state index is 2.73. The summed E-state index contributed by atoms with van der Waals surface area (Å²) in [5, 5.41) is 0. The van der Waals surface area contributed by atoms with Crippen molar-refractivity contribution in [2.24, 2.45) is 35.0 Å². The van der Waals surface area contributed by atoms with Crippen LogP contribution in [0.1, 0.15) is 65.7 Å². The molecule has 4 bridgehead atoms. The maximum absolute atomic E-state index is 2.73. The van der Waals surface area contributed by atoms with E-state index in [4.69, 9.17) is 0 Å². The van der Waals surface area contributed by atoms with E-state index in [1.54, 1.807) is 25.7 Å². The molecule has 3 saturated carbocycles. The van der Waals surface area contributed by atoms with Crippen molar-refractivity contribution in [2.45, 2.75) is 77.4 Å². The fourth-order valence-corrected chi connectivity index (χ4v) is 6.65. The van der Waals surface area contributed by atoms with E-state index in [1.165, 1.54) is 19.3 Å². The van der Waals surface area contributed by atoms with Gasteiger partial charge >= 0.3 is 0 Å². The highest BCUT2D eigenvalue weighted by molar-refractivity contribution is 6.40. The zero-order valence-corrected chi connectivity index (χ0v) is 13.1. The van der Waals surface area contributed by atoms with E-state index in [1.807, 2.05) is 0 Å². The molecule has 0 nitrogen and oxygen atoms in total. The van der Waals surface area contributed by atoms with Gasteiger partial charge in [0.1, 0.15) is 7.28 Å². The first-order valence-electron chi connectivity index (χ1n) is 8.90. The fraction of sp³-hybridized carbons (Fsp3) is 1.00. The molecule has 0 amide bonds. The van der Waals surface area contributed by atoms with Gasteiger partial charge in [-0.05, 0) is 47.8 Å². The standard InChI is InChI=1S/C18H30B/c1-11-16(9-13-10-17(11)18(13,2)3)12-7-14-5-4-6-15(8-12)19-14/h11-17H,4-10H2,1-3H3. The molecule has 6 unspecified atom stereocenters. The number of hydrogen-bond acceptors (Lipinski definition) is 0. The smallest absolute Gasteiger partial charge is 0.0683 e. The quantitative estimate of drug-likeness (QED) is 0.568. The Morgan fingerprint density at radius 3 is 2.21 bits per heavy atom. The van der Waals surface area contributed by atoms with Crippen LogP contribution in [0.3, 0.4) is 0 Å². The summed E-state index contributed by atoms with van der Waals surface area (Å²) in [5.74, 6) is 7.26. The molecule has 0 aromatic rings. The molecule has 5 aliphatic rings. The molecule has 1 heteroatoms. The molecule has 0 N–H and O–H groups in total. The SMILES string of the molecule is CC1C(C2CC3[B]C(CCC3)C2)CC2CC1C2(C)C. The van der Waals surface area contributed by atoms with Crippen LogP contribution in [0.4, 0.5) is 0 Å². The van der Waals surface area contributed by atoms with Gasteiger partial charge in [0.05, 0.1) is 0 Å². The summed E-state index contributed by atoms with van der Waals surface area (Å²) in [6, 6.07) is 0. The molecule has 6 atom stereocenters. The van der Waals surface area contributed by atoms with E-state index >= 15 is 0 Å². The van der Waals surface area contributed by atoms with Crippen LogP contribution in [-0.4, -0.2) is 7.28 Å². The molecule has 0 aromatic heterocycles. The molecule has 2 saturated heterocycles. The second-order valence-electron chi connectivity index (χ2n) is 8.99. The summed E-state index contributed by atoms with van der Waals surface area (Å²) in [6.45, 7) is 7.68. The summed E-state index contributed by atoms with van der Waals surface area (Å²) >= 11 is 0. The minimum Gasteiger partial charge on any atom is -0.0683 e. The Morgan fingerprint density at radius 1 is 0.947 bits per heavy atom. The highest BCUT2D eigenvalue weighted by Gasteiger charge is 2.57. The van der Waals surface area contributed by atoms with E-state index in [9.17, 15) is 0 Å². The van der Waals surface area contributed by atoms with Crippen LogP contribution in [-0.2, 0) is 0 Å². The zero-order valence-electron chi connectivity index (χ0n) is 13.1. The van der Waals surface area contributed by atoms with Gasteiger partial charge in [0.2, 0.25) is 0 Å². The van der Waals surface area contributed by atoms with Gasteiger partial charge in [0.15, 0.2) is 0 Å². The third-order valence-corrected chi connectivity index (χ3v) is 7.92. The Balaban J connectivity index is 1.49. The van der Waals surface area contributed by atoms with Gasteiger partial charge < -0.3 is 0 Å². The van der Waals surface area contributed by atoms with Crippen molar-refractivity contribution >= 4 is 7.28 Å². The molecule has 19 heavy (non-hydrogen) atoms. The minimum atomic E-state index is 0.673. The molecule has 0 aromatic carbocycles. The van der Waals surface area contributed by atoms with Crippen molar-refractivity contribution in [1.29, 1.82) is 0 Å². The third-order valence-electron chi connectivity index (χ3n) is 7.92. The molecule has 3 aliphatic carbocycles. The predicted molar refractivity (Wildman–Crippen MR) is 82.5 cm³/mol. The van der Waals surface area contributed by atoms with Crippen molar-refractivity contribution in [3.63, 3.8) is 0 Å². The van der Waals surface area contributed by atoms with Crippen molar-refractivity contribution in [3.8, 4) is 0 Å². The molecular weight excluding hydrogens is 227 g/mol. The van der Waals surface area contributed by atoms with Crippen molar-refractivity contribution < 1.29 is 0 Å². The number of rotatable bonds is 1. The van der Waals surface area contributed by atoms with Gasteiger partial charge in [-0.2, -0.15) is 0 Å². The van der Waals surface area contributed by atoms with Crippen LogP contribution in [0.25, 0.3) is 0 Å². The Labute approximate surface area is 120 Å². The monoisotopic (exact) mass is 257 g/mol. The molecule has 2 aliphatic heterocycles. The van der Waals surface area contributed by atoms with Crippen LogP contribution in [0, 0.1) is 35.0 Å². The molecular formula is C18H30B. The Morgan fingerprint density at radius 2 is 1.63 bits per heavy atom. The largest absolute Gasteiger partial charge is 0.117 e. The number of hydrogen-bond donors (Lipinski definition) is 0. The van der Waals surface area contributed by atoms with Gasteiger partial charge in [-0.15, -0.1) is 0 Å². The second kappa shape index (κ2) is 4.28. The zero-order chi connectivity index (χ0) is 13.2. The van der Waals surface area contributed by atoms with E-state index in [0.717, 1.165) is 41.2 Å². The average Bonchev–Trinajstić information content (AvgIpc) is 2.37. The van der Waals surface area contributed by atoms with E-state index in [-0.39, 0.29) is 0 Å². The summed E-state index contributed by atoms with van der Waals surface area (Å²) in [4.78, 5) is 0. The highest BCUT2D eigenvalue weighted by atomic mass is 14.6. The molecule has 2 heterocycles. The van der Waals surface area contributed by atoms with Crippen LogP contribution in [0.5, 0.6) is 0 Å². The summed E-state index contributed by atoms with van der Waals surface area (Å²) < 4.78 is 0. The van der Waals surface area contributed by atoms with Gasteiger partial charge in [0.25, 0.3) is 0 Å². The highest BCUT2D eigenvalue weighted by Crippen LogP contribution is 2.65. The van der Waals surface area contributed by atoms with Gasteiger partial charge in [-0.1, -0.05) is 64.5 Å². The Hall–Kier alpha value is 0.0649. The predicted octanol–water partition coefficient (Wildman–Crippen LogP) is 5.18. The lowest BCUT2D eigenvalue weighted by Gasteiger charge is -2.64. The van der Waals surface area contributed by atoms with Crippen LogP contribution < -0.4 is 0 Å². The molecule has 5 rings (SSSR count). The summed E-state index contributed by atoms with van der Waals surface area (Å²) in [7, 11) is 2.73. The fourth-order valence-electron chi connectivity index (χ4n) is 6.65. The lowest BCUT2D eigenvalue weighted by Crippen LogP contribution is -2.56. The minimum absolute atomic E-state index is 0.673. The Kier molecular flexibility index (Phi) is 2.88. The molecule has 1 radical (unpaired) electrons. The lowest BCUT2D eigenvalue weighted by molar-refractivity contribution is -0.142. The van der Waals surface area contributed by atoms with Crippen LogP contribution in [0.2, 0.25) is 11.6 Å². The topological polar surface area (TPSA) is 0 Å². The van der Waals surface area contributed by atoms with Crippen molar-refractivity contribution in [1.82, 2.24) is 0 Å². The van der Waals surface area contributed by atoms with Crippen LogP contribution in [0.15, 0.2) is 0 Å². The summed E-state index contributed by atoms with van der Waals surface area (Å²) in [6.07, 6.45) is 10.7. The molecule has 105 valence electrons. The van der Waals surface area contributed by atoms with Gasteiger partial charge in [-0.25, -0.2) is 0 Å². The first-order chi connectivity index (χ1) is 9.05. The third kappa shape index (κ3) is 1.86. The van der Waals surface area contributed by atoms with Gasteiger partial charge in [-0.3, -0.25) is 0 Å². The Bertz CT molecular complexity index is 349. The van der Waals surface area contributed by atoms with Crippen LogP contribution >= 0.6 is 0 Å². The van der Waals surface area contributed by atoms with Crippen molar-refractivity contribution in [2.75, 3.05) is 0 Å². The first kappa shape index (κ1) is 12.8. The van der Waals surface area contributed by atoms with E-state index < -0.39 is 0 Å². The van der Waals surface area contributed by atoms with E-state index in [2.05, 4.69) is 28.1 Å². The molecule has 5 fully saturated rings. The first-order valence-corrected chi connectivity index (χ1v) is 8.90. The summed E-state index contributed by atoms with van der Waals surface area (Å²) in [5.41, 5.74) is 0.673. The van der Waals surface area contributed by atoms with Crippen molar-refractivity contribution in [3.05, 3.63) is 0 Å². The molecule has 0 spiro atoms. The van der Waals surface area contributed by atoms with E-state index in [0.29, 0.717) is 5.41 Å². The second-order valence-corrected chi connectivity index (χ2v) is 8.99. The normalized spacial score (nSPS) is 55.0. The average molecular weight is 257 g/mol. The van der Waals surface area contributed by atoms with Gasteiger partial charge in [0, 0.05) is 0 Å². The maximum Gasteiger partial charge on any atom is 0.117 e. The lowest BCUT2D eigenvalue weighted by atomic mass is 9.37. The number of fused-ring (bicyclic) bond motifs is 4.